The first-order valence-electron chi connectivity index (χ1n) is 7.53. The molecule has 22 heavy (non-hydrogen) atoms. The number of imidazole rings is 1. The Kier molecular flexibility index (Phi) is 3.40. The molecule has 2 aromatic carbocycles. The number of fused-ring (bicyclic) bond motifs is 1. The molecular formula is C17H18N4O. The van der Waals surface area contributed by atoms with E-state index < -0.39 is 0 Å². The van der Waals surface area contributed by atoms with Gasteiger partial charge in [-0.1, -0.05) is 18.2 Å². The molecule has 0 spiro atoms. The minimum Gasteiger partial charge on any atom is -0.378 e. The Morgan fingerprint density at radius 3 is 2.68 bits per heavy atom. The van der Waals surface area contributed by atoms with Crippen molar-refractivity contribution in [1.29, 1.82) is 0 Å². The molecule has 1 fully saturated rings. The number of morpholine rings is 1. The number of anilines is 3. The molecule has 1 aliphatic rings. The number of nitrogens with zero attached hydrogens (tertiary/aromatic N) is 2. The van der Waals surface area contributed by atoms with E-state index in [0.717, 1.165) is 49.0 Å². The van der Waals surface area contributed by atoms with Gasteiger partial charge in [-0.2, -0.15) is 0 Å². The molecule has 0 radical (unpaired) electrons. The number of aromatic amines is 1. The van der Waals surface area contributed by atoms with Crippen molar-refractivity contribution in [2.45, 2.75) is 0 Å². The van der Waals surface area contributed by atoms with Gasteiger partial charge < -0.3 is 19.9 Å². The number of ether oxygens (including phenoxy) is 1. The molecular weight excluding hydrogens is 276 g/mol. The summed E-state index contributed by atoms with van der Waals surface area (Å²) in [6, 6.07) is 16.4. The highest BCUT2D eigenvalue weighted by molar-refractivity contribution is 5.82. The average molecular weight is 294 g/mol. The lowest BCUT2D eigenvalue weighted by molar-refractivity contribution is 0.122. The van der Waals surface area contributed by atoms with Crippen LogP contribution in [0.1, 0.15) is 0 Å². The maximum absolute atomic E-state index is 5.41. The van der Waals surface area contributed by atoms with E-state index in [-0.39, 0.29) is 0 Å². The van der Waals surface area contributed by atoms with Gasteiger partial charge >= 0.3 is 0 Å². The molecule has 1 saturated heterocycles. The van der Waals surface area contributed by atoms with Gasteiger partial charge in [-0.05, 0) is 30.3 Å². The van der Waals surface area contributed by atoms with Crippen molar-refractivity contribution in [3.63, 3.8) is 0 Å². The highest BCUT2D eigenvalue weighted by atomic mass is 16.5. The van der Waals surface area contributed by atoms with Crippen LogP contribution in [-0.2, 0) is 4.74 Å². The zero-order valence-electron chi connectivity index (χ0n) is 12.2. The molecule has 0 saturated carbocycles. The molecule has 2 heterocycles. The topological polar surface area (TPSA) is 53.2 Å². The predicted molar refractivity (Wildman–Crippen MR) is 88.9 cm³/mol. The molecule has 0 amide bonds. The molecule has 0 bridgehead atoms. The zero-order chi connectivity index (χ0) is 14.8. The van der Waals surface area contributed by atoms with Crippen molar-refractivity contribution < 1.29 is 4.74 Å². The first kappa shape index (κ1) is 13.2. The standard InChI is InChI=1S/C17H18N4O/c1-2-4-13(5-3-1)18-17-19-15-7-6-14(12-16(15)20-17)21-8-10-22-11-9-21/h1-7,12H,8-11H2,(H2,18,19,20). The average Bonchev–Trinajstić information content (AvgIpc) is 2.98. The Hall–Kier alpha value is -2.53. The molecule has 1 aromatic heterocycles. The quantitative estimate of drug-likeness (QED) is 0.779. The van der Waals surface area contributed by atoms with E-state index >= 15 is 0 Å². The lowest BCUT2D eigenvalue weighted by atomic mass is 10.2. The van der Waals surface area contributed by atoms with Gasteiger partial charge in [-0.15, -0.1) is 0 Å². The number of aromatic nitrogens is 2. The van der Waals surface area contributed by atoms with Gasteiger partial charge in [0.15, 0.2) is 0 Å². The molecule has 0 atom stereocenters. The molecule has 3 aromatic rings. The van der Waals surface area contributed by atoms with Crippen molar-refractivity contribution in [1.82, 2.24) is 9.97 Å². The fourth-order valence-electron chi connectivity index (χ4n) is 2.73. The number of nitrogens with one attached hydrogen (secondary N) is 2. The smallest absolute Gasteiger partial charge is 0.205 e. The summed E-state index contributed by atoms with van der Waals surface area (Å²) in [4.78, 5) is 10.3. The van der Waals surface area contributed by atoms with Crippen molar-refractivity contribution >= 4 is 28.4 Å². The molecule has 1 aliphatic heterocycles. The van der Waals surface area contributed by atoms with Gasteiger partial charge in [0.05, 0.1) is 24.2 Å². The Balaban J connectivity index is 1.60. The van der Waals surface area contributed by atoms with Crippen LogP contribution in [0.2, 0.25) is 0 Å². The summed E-state index contributed by atoms with van der Waals surface area (Å²) in [6.45, 7) is 3.47. The van der Waals surface area contributed by atoms with E-state index in [4.69, 9.17) is 4.74 Å². The summed E-state index contributed by atoms with van der Waals surface area (Å²) in [5, 5.41) is 3.29. The number of benzene rings is 2. The molecule has 2 N–H and O–H groups in total. The van der Waals surface area contributed by atoms with E-state index in [9.17, 15) is 0 Å². The van der Waals surface area contributed by atoms with Crippen LogP contribution in [0.15, 0.2) is 48.5 Å². The number of hydrogen-bond acceptors (Lipinski definition) is 4. The van der Waals surface area contributed by atoms with E-state index in [2.05, 4.69) is 38.4 Å². The van der Waals surface area contributed by atoms with Crippen LogP contribution < -0.4 is 10.2 Å². The summed E-state index contributed by atoms with van der Waals surface area (Å²) >= 11 is 0. The van der Waals surface area contributed by atoms with Gasteiger partial charge in [0.25, 0.3) is 0 Å². The predicted octanol–water partition coefficient (Wildman–Crippen LogP) is 3.14. The van der Waals surface area contributed by atoms with E-state index in [1.807, 2.05) is 30.3 Å². The minimum absolute atomic E-state index is 0.764. The van der Waals surface area contributed by atoms with Crippen molar-refractivity contribution in [3.05, 3.63) is 48.5 Å². The molecule has 5 heteroatoms. The Bertz CT molecular complexity index is 763. The number of H-pyrrole nitrogens is 1. The second kappa shape index (κ2) is 5.69. The highest BCUT2D eigenvalue weighted by Crippen LogP contribution is 2.24. The normalized spacial score (nSPS) is 15.2. The fraction of sp³-hybridized carbons (Fsp3) is 0.235. The van der Waals surface area contributed by atoms with Crippen LogP contribution in [0.5, 0.6) is 0 Å². The molecule has 112 valence electrons. The minimum atomic E-state index is 0.764. The lowest BCUT2D eigenvalue weighted by Crippen LogP contribution is -2.36. The van der Waals surface area contributed by atoms with Gasteiger partial charge in [0.2, 0.25) is 5.95 Å². The third-order valence-electron chi connectivity index (χ3n) is 3.88. The first-order chi connectivity index (χ1) is 10.9. The molecule has 0 unspecified atom stereocenters. The third kappa shape index (κ3) is 2.63. The Morgan fingerprint density at radius 2 is 1.86 bits per heavy atom. The number of rotatable bonds is 3. The van der Waals surface area contributed by atoms with Crippen LogP contribution in [0.25, 0.3) is 11.0 Å². The third-order valence-corrected chi connectivity index (χ3v) is 3.88. The summed E-state index contributed by atoms with van der Waals surface area (Å²) < 4.78 is 5.41. The van der Waals surface area contributed by atoms with Crippen LogP contribution in [0, 0.1) is 0 Å². The van der Waals surface area contributed by atoms with Crippen LogP contribution >= 0.6 is 0 Å². The van der Waals surface area contributed by atoms with E-state index in [1.165, 1.54) is 5.69 Å². The number of para-hydroxylation sites is 1. The van der Waals surface area contributed by atoms with Gasteiger partial charge in [0, 0.05) is 24.5 Å². The van der Waals surface area contributed by atoms with Crippen molar-refractivity contribution in [2.75, 3.05) is 36.5 Å². The second-order valence-electron chi connectivity index (χ2n) is 5.38. The van der Waals surface area contributed by atoms with Gasteiger partial charge in [-0.3, -0.25) is 0 Å². The van der Waals surface area contributed by atoms with Crippen LogP contribution in [0.3, 0.4) is 0 Å². The van der Waals surface area contributed by atoms with E-state index in [0.29, 0.717) is 0 Å². The largest absolute Gasteiger partial charge is 0.378 e. The van der Waals surface area contributed by atoms with E-state index in [1.54, 1.807) is 0 Å². The SMILES string of the molecule is c1ccc(Nc2nc3ccc(N4CCOCC4)cc3[nH]2)cc1. The van der Waals surface area contributed by atoms with Gasteiger partial charge in [-0.25, -0.2) is 4.98 Å². The summed E-state index contributed by atoms with van der Waals surface area (Å²) in [5.74, 6) is 0.764. The van der Waals surface area contributed by atoms with Crippen molar-refractivity contribution in [2.24, 2.45) is 0 Å². The lowest BCUT2D eigenvalue weighted by Gasteiger charge is -2.28. The summed E-state index contributed by atoms with van der Waals surface area (Å²) in [5.41, 5.74) is 4.25. The summed E-state index contributed by atoms with van der Waals surface area (Å²) in [7, 11) is 0. The molecule has 4 rings (SSSR count). The Labute approximate surface area is 128 Å². The van der Waals surface area contributed by atoms with Crippen LogP contribution in [-0.4, -0.2) is 36.3 Å². The summed E-state index contributed by atoms with van der Waals surface area (Å²) in [6.07, 6.45) is 0. The first-order valence-corrected chi connectivity index (χ1v) is 7.53. The fourth-order valence-corrected chi connectivity index (χ4v) is 2.73. The monoisotopic (exact) mass is 294 g/mol. The second-order valence-corrected chi connectivity index (χ2v) is 5.38. The highest BCUT2D eigenvalue weighted by Gasteiger charge is 2.12. The molecule has 0 aliphatic carbocycles. The molecule has 5 nitrogen and oxygen atoms in total. The maximum Gasteiger partial charge on any atom is 0.205 e. The Morgan fingerprint density at radius 1 is 1.05 bits per heavy atom. The van der Waals surface area contributed by atoms with Crippen molar-refractivity contribution in [3.8, 4) is 0 Å². The van der Waals surface area contributed by atoms with Gasteiger partial charge in [0.1, 0.15) is 0 Å². The zero-order valence-corrected chi connectivity index (χ0v) is 12.2. The number of hydrogen-bond donors (Lipinski definition) is 2. The maximum atomic E-state index is 5.41. The van der Waals surface area contributed by atoms with Crippen LogP contribution in [0.4, 0.5) is 17.3 Å².